The molecule has 338 valence electrons. The molecule has 2 aromatic carbocycles. The summed E-state index contributed by atoms with van der Waals surface area (Å²) in [5, 5.41) is 37.1. The molecule has 1 fully saturated rings. The van der Waals surface area contributed by atoms with Crippen LogP contribution >= 0.6 is 0 Å². The number of nitrogens with zero attached hydrogens (tertiary/aromatic N) is 9. The lowest BCUT2D eigenvalue weighted by molar-refractivity contribution is -0.384. The number of aromatic amines is 1. The van der Waals surface area contributed by atoms with Crippen molar-refractivity contribution in [3.05, 3.63) is 102 Å². The largest absolute Gasteiger partial charge is 0.481 e. The zero-order valence-corrected chi connectivity index (χ0v) is 34.7. The number of hydrogen-bond donors (Lipinski definition) is 7. The molecular weight excluding hydrogens is 841 g/mol. The predicted octanol–water partition coefficient (Wildman–Crippen LogP) is -0.567. The maximum atomic E-state index is 12.5. The summed E-state index contributed by atoms with van der Waals surface area (Å²) < 4.78 is 4.29. The van der Waals surface area contributed by atoms with E-state index in [1.165, 1.54) is 40.8 Å². The second-order valence-electron chi connectivity index (χ2n) is 14.9. The average Bonchev–Trinajstić information content (AvgIpc) is 3.72. The molecule has 0 radical (unpaired) electrons. The molecule has 1 saturated heterocycles. The lowest BCUT2D eigenvalue weighted by Crippen LogP contribution is -2.50. The van der Waals surface area contributed by atoms with Crippen molar-refractivity contribution >= 4 is 69.9 Å². The summed E-state index contributed by atoms with van der Waals surface area (Å²) in [6.07, 6.45) is 1.51. The van der Waals surface area contributed by atoms with E-state index in [0.29, 0.717) is 36.4 Å². The zero-order chi connectivity index (χ0) is 46.2. The number of piperazine rings is 1. The SMILES string of the molecule is Cn1c(=O)c2c(ncn2CCN2CCN(c3ccc([N+](=O)[O-])cc3)CC2)n(C)c1=O.Nc1nc2c(c(=O)[nH]1)N(C=O)C(CNc1ccc(C(=O)NC(CCC(=O)O)C(=O)O)cc1)CN2. The van der Waals surface area contributed by atoms with Gasteiger partial charge in [0.15, 0.2) is 22.7 Å². The van der Waals surface area contributed by atoms with Gasteiger partial charge in [0, 0.05) is 102 Å². The highest BCUT2D eigenvalue weighted by Gasteiger charge is 2.30. The van der Waals surface area contributed by atoms with E-state index in [0.717, 1.165) is 43.0 Å². The number of anilines is 5. The predicted molar refractivity (Wildman–Crippen MR) is 233 cm³/mol. The van der Waals surface area contributed by atoms with E-state index in [1.807, 2.05) is 0 Å². The lowest BCUT2D eigenvalue weighted by Gasteiger charge is -2.36. The Morgan fingerprint density at radius 3 is 2.31 bits per heavy atom. The Balaban J connectivity index is 0.000000214. The Bertz CT molecular complexity index is 2720. The molecule has 2 amide bonds. The number of hydrogen-bond acceptors (Lipinski definition) is 16. The van der Waals surface area contributed by atoms with Crippen LogP contribution in [0.15, 0.2) is 69.2 Å². The summed E-state index contributed by atoms with van der Waals surface area (Å²) in [7, 11) is 3.08. The first-order valence-corrected chi connectivity index (χ1v) is 19.9. The van der Waals surface area contributed by atoms with Crippen LogP contribution in [0.5, 0.6) is 0 Å². The maximum absolute atomic E-state index is 12.5. The summed E-state index contributed by atoms with van der Waals surface area (Å²) >= 11 is 0. The van der Waals surface area contributed by atoms with Crippen molar-refractivity contribution < 1.29 is 34.3 Å². The molecule has 0 spiro atoms. The van der Waals surface area contributed by atoms with Crippen LogP contribution in [0.3, 0.4) is 0 Å². The molecule has 2 atom stereocenters. The van der Waals surface area contributed by atoms with Crippen molar-refractivity contribution in [2.45, 2.75) is 31.5 Å². The first-order valence-electron chi connectivity index (χ1n) is 19.9. The number of nitrogens with two attached hydrogens (primary N) is 1. The fraction of sp³-hybridized carbons (Fsp3) is 0.359. The van der Waals surface area contributed by atoms with Gasteiger partial charge in [0.2, 0.25) is 12.4 Å². The Hall–Kier alpha value is -8.09. The number of amides is 2. The number of H-pyrrole nitrogens is 1. The van der Waals surface area contributed by atoms with E-state index in [2.05, 4.69) is 40.7 Å². The standard InChI is InChI=1S/C20H23N7O7.C19H23N7O4/c21-20-25-16-15(18(32)26-20)27(9-28)12(8-23-16)7-22-11-3-1-10(2-4-11)17(31)24-13(19(33)34)5-6-14(29)30;1-21-17-16(18(27)22(2)19(21)28)25(13-20-17)12-9-23-7-10-24(11-8-23)14-3-5-15(6-4-14)26(29)30/h1-4,9,12-13,22H,5-8H2,(H,24,31)(H,29,30)(H,33,34)(H4,21,23,25,26,32);3-6,13H,7-12H2,1-2H3. The zero-order valence-electron chi connectivity index (χ0n) is 34.7. The van der Waals surface area contributed by atoms with E-state index in [1.54, 1.807) is 42.2 Å². The molecule has 2 aliphatic rings. The summed E-state index contributed by atoms with van der Waals surface area (Å²) in [5.41, 5.74) is 7.01. The maximum Gasteiger partial charge on any atom is 0.332 e. The minimum Gasteiger partial charge on any atom is -0.481 e. The Kier molecular flexibility index (Phi) is 14.0. The smallest absolute Gasteiger partial charge is 0.332 e. The van der Waals surface area contributed by atoms with E-state index < -0.39 is 46.8 Å². The number of nitro groups is 1. The van der Waals surface area contributed by atoms with E-state index in [4.69, 9.17) is 10.8 Å². The van der Waals surface area contributed by atoms with Crippen LogP contribution in [0.2, 0.25) is 0 Å². The van der Waals surface area contributed by atoms with Crippen molar-refractivity contribution in [1.29, 1.82) is 0 Å². The number of aryl methyl sites for hydroxylation is 1. The Morgan fingerprint density at radius 2 is 1.69 bits per heavy atom. The number of carboxylic acid groups (broad SMARTS) is 2. The molecule has 0 bridgehead atoms. The van der Waals surface area contributed by atoms with Crippen LogP contribution in [0.4, 0.5) is 34.5 Å². The highest BCUT2D eigenvalue weighted by molar-refractivity contribution is 5.97. The van der Waals surface area contributed by atoms with Crippen LogP contribution in [-0.4, -0.2) is 131 Å². The molecule has 64 heavy (non-hydrogen) atoms. The van der Waals surface area contributed by atoms with E-state index in [9.17, 15) is 48.8 Å². The van der Waals surface area contributed by atoms with Crippen LogP contribution in [0.25, 0.3) is 11.2 Å². The van der Waals surface area contributed by atoms with Gasteiger partial charge in [-0.25, -0.2) is 14.6 Å². The molecule has 2 aliphatic heterocycles. The minimum atomic E-state index is -1.33. The van der Waals surface area contributed by atoms with Gasteiger partial charge in [0.25, 0.3) is 22.7 Å². The molecule has 8 N–H and O–H groups in total. The molecule has 0 aliphatic carbocycles. The van der Waals surface area contributed by atoms with Crippen molar-refractivity contribution in [2.24, 2.45) is 14.1 Å². The number of carbonyl (C=O) groups excluding carboxylic acids is 2. The van der Waals surface area contributed by atoms with Gasteiger partial charge in [0.05, 0.1) is 17.3 Å². The van der Waals surface area contributed by atoms with Gasteiger partial charge < -0.3 is 46.3 Å². The van der Waals surface area contributed by atoms with Crippen molar-refractivity contribution in [1.82, 2.24) is 38.9 Å². The lowest BCUT2D eigenvalue weighted by atomic mass is 10.1. The van der Waals surface area contributed by atoms with Gasteiger partial charge in [-0.2, -0.15) is 4.98 Å². The number of fused-ring (bicyclic) bond motifs is 2. The number of aromatic nitrogens is 6. The molecule has 5 heterocycles. The number of nitrogen functional groups attached to an aromatic ring is 1. The first-order chi connectivity index (χ1) is 30.6. The number of carbonyl (C=O) groups is 4. The van der Waals surface area contributed by atoms with Crippen molar-refractivity contribution in [2.75, 3.05) is 72.0 Å². The number of aliphatic carboxylic acids is 2. The monoisotopic (exact) mass is 886 g/mol. The first kappa shape index (κ1) is 45.4. The molecular formula is C39H46N14O11. The molecule has 25 nitrogen and oxygen atoms in total. The highest BCUT2D eigenvalue weighted by Crippen LogP contribution is 2.26. The third kappa shape index (κ3) is 10.3. The van der Waals surface area contributed by atoms with Crippen LogP contribution in [0.1, 0.15) is 23.2 Å². The topological polar surface area (TPSA) is 331 Å². The molecule has 7 rings (SSSR count). The van der Waals surface area contributed by atoms with Gasteiger partial charge >= 0.3 is 17.6 Å². The fourth-order valence-electron chi connectivity index (χ4n) is 7.22. The van der Waals surface area contributed by atoms with Gasteiger partial charge in [-0.1, -0.05) is 0 Å². The normalized spacial score (nSPS) is 15.2. The molecule has 5 aromatic rings. The van der Waals surface area contributed by atoms with Crippen LogP contribution in [0, 0.1) is 10.1 Å². The Morgan fingerprint density at radius 1 is 1.00 bits per heavy atom. The van der Waals surface area contributed by atoms with E-state index >= 15 is 0 Å². The Labute approximate surface area is 361 Å². The van der Waals surface area contributed by atoms with Crippen molar-refractivity contribution in [3.63, 3.8) is 0 Å². The second kappa shape index (κ2) is 19.7. The summed E-state index contributed by atoms with van der Waals surface area (Å²) in [4.78, 5) is 109. The molecule has 0 saturated carbocycles. The third-order valence-electron chi connectivity index (χ3n) is 10.8. The number of carboxylic acids is 2. The minimum absolute atomic E-state index is 0.0603. The third-order valence-corrected chi connectivity index (χ3v) is 10.8. The second-order valence-corrected chi connectivity index (χ2v) is 14.9. The van der Waals surface area contributed by atoms with Gasteiger partial charge in [0.1, 0.15) is 6.04 Å². The number of nitrogens with one attached hydrogen (secondary N) is 4. The van der Waals surface area contributed by atoms with Gasteiger partial charge in [-0.15, -0.1) is 0 Å². The number of nitro benzene ring substituents is 1. The van der Waals surface area contributed by atoms with Crippen LogP contribution in [-0.2, 0) is 35.0 Å². The number of non-ortho nitro benzene ring substituents is 1. The quantitative estimate of drug-likeness (QED) is 0.0393. The summed E-state index contributed by atoms with van der Waals surface area (Å²) in [6.45, 7) is 5.25. The number of imidazole rings is 1. The van der Waals surface area contributed by atoms with Crippen molar-refractivity contribution in [3.8, 4) is 0 Å². The molecule has 2 unspecified atom stereocenters. The molecule has 3 aromatic heterocycles. The number of rotatable bonds is 15. The molecule has 25 heteroatoms. The van der Waals surface area contributed by atoms with Gasteiger partial charge in [-0.3, -0.25) is 53.1 Å². The average molecular weight is 887 g/mol. The highest BCUT2D eigenvalue weighted by atomic mass is 16.6. The van der Waals surface area contributed by atoms with Crippen LogP contribution < -0.4 is 48.3 Å². The van der Waals surface area contributed by atoms with E-state index in [-0.39, 0.29) is 52.9 Å². The van der Waals surface area contributed by atoms with Gasteiger partial charge in [-0.05, 0) is 42.8 Å². The summed E-state index contributed by atoms with van der Waals surface area (Å²) in [5.74, 6) is -3.00. The number of benzene rings is 2. The summed E-state index contributed by atoms with van der Waals surface area (Å²) in [6, 6.07) is 11.0. The fourth-order valence-corrected chi connectivity index (χ4v) is 7.22.